The van der Waals surface area contributed by atoms with Crippen molar-refractivity contribution in [2.75, 3.05) is 13.3 Å². The molecule has 2 amide bonds. The van der Waals surface area contributed by atoms with Crippen LogP contribution in [0.2, 0.25) is 0 Å². The van der Waals surface area contributed by atoms with Crippen molar-refractivity contribution in [3.63, 3.8) is 0 Å². The molecule has 0 radical (unpaired) electrons. The number of isocyanates is 1. The molecule has 1 fully saturated rings. The molecule has 1 atom stereocenters. The average Bonchev–Trinajstić information content (AvgIpc) is 2.06. The largest absolute Gasteiger partial charge is 0.358 e. The maximum atomic E-state index is 10.9. The van der Waals surface area contributed by atoms with E-state index in [4.69, 9.17) is 4.74 Å². The lowest BCUT2D eigenvalue weighted by atomic mass is 10.2. The van der Waals surface area contributed by atoms with Crippen LogP contribution in [0.15, 0.2) is 4.99 Å². The summed E-state index contributed by atoms with van der Waals surface area (Å²) in [6.45, 7) is 2.74. The van der Waals surface area contributed by atoms with Crippen LogP contribution in [0.25, 0.3) is 0 Å². The van der Waals surface area contributed by atoms with Crippen LogP contribution in [0.1, 0.15) is 13.3 Å². The fourth-order valence-corrected chi connectivity index (χ4v) is 0.963. The van der Waals surface area contributed by atoms with Crippen LogP contribution in [-0.4, -0.2) is 36.4 Å². The first-order valence-corrected chi connectivity index (χ1v) is 3.72. The van der Waals surface area contributed by atoms with Gasteiger partial charge in [0, 0.05) is 6.54 Å². The van der Waals surface area contributed by atoms with E-state index in [-0.39, 0.29) is 12.8 Å². The molecule has 5 nitrogen and oxygen atoms in total. The highest BCUT2D eigenvalue weighted by atomic mass is 16.5. The molecule has 1 unspecified atom stereocenters. The Balaban J connectivity index is 2.44. The minimum atomic E-state index is -0.572. The van der Waals surface area contributed by atoms with E-state index in [2.05, 4.69) is 4.99 Å². The number of nitrogens with zero attached hydrogens (tertiary/aromatic N) is 2. The molecule has 12 heavy (non-hydrogen) atoms. The predicted octanol–water partition coefficient (Wildman–Crippen LogP) is 0.511. The van der Waals surface area contributed by atoms with Gasteiger partial charge in [0.1, 0.15) is 6.73 Å². The van der Waals surface area contributed by atoms with Crippen molar-refractivity contribution in [2.45, 2.75) is 19.4 Å². The normalized spacial score (nSPS) is 23.1. The molecular formula is C7H10N2O3. The molecule has 1 aliphatic rings. The van der Waals surface area contributed by atoms with Gasteiger partial charge >= 0.3 is 6.03 Å². The molecule has 0 aromatic carbocycles. The van der Waals surface area contributed by atoms with Crippen molar-refractivity contribution in [3.05, 3.63) is 0 Å². The second-order valence-electron chi connectivity index (χ2n) is 2.64. The Bertz CT molecular complexity index is 215. The number of rotatable bonds is 0. The molecule has 0 spiro atoms. The number of hydrogen-bond donors (Lipinski definition) is 0. The van der Waals surface area contributed by atoms with Gasteiger partial charge in [0.15, 0.2) is 0 Å². The zero-order chi connectivity index (χ0) is 8.97. The Kier molecular flexibility index (Phi) is 2.96. The number of carbonyl (C=O) groups excluding carboxylic acids is 2. The van der Waals surface area contributed by atoms with E-state index in [1.807, 2.05) is 6.92 Å². The van der Waals surface area contributed by atoms with E-state index in [9.17, 15) is 9.59 Å². The second kappa shape index (κ2) is 3.99. The minimum absolute atomic E-state index is 0.175. The van der Waals surface area contributed by atoms with Crippen molar-refractivity contribution >= 4 is 12.1 Å². The minimum Gasteiger partial charge on any atom is -0.358 e. The molecule has 0 N–H and O–H groups in total. The van der Waals surface area contributed by atoms with E-state index in [1.165, 1.54) is 11.0 Å². The summed E-state index contributed by atoms with van der Waals surface area (Å²) in [5.74, 6) is 0. The zero-order valence-electron chi connectivity index (χ0n) is 6.82. The van der Waals surface area contributed by atoms with Gasteiger partial charge in [0.05, 0.1) is 6.10 Å². The first-order chi connectivity index (χ1) is 5.74. The fourth-order valence-electron chi connectivity index (χ4n) is 0.963. The van der Waals surface area contributed by atoms with Crippen molar-refractivity contribution in [3.8, 4) is 0 Å². The topological polar surface area (TPSA) is 59.0 Å². The molecule has 5 heteroatoms. The standard InChI is InChI=1S/C7H10N2O3/c1-6-2-3-9(5-12-6)7(11)8-4-10/h6H,2-3,5H2,1H3. The highest BCUT2D eigenvalue weighted by Crippen LogP contribution is 2.09. The van der Waals surface area contributed by atoms with Gasteiger partial charge in [0.2, 0.25) is 6.08 Å². The third-order valence-corrected chi connectivity index (χ3v) is 1.73. The van der Waals surface area contributed by atoms with Crippen molar-refractivity contribution in [1.82, 2.24) is 4.90 Å². The van der Waals surface area contributed by atoms with Gasteiger partial charge in [-0.15, -0.1) is 4.99 Å². The summed E-state index contributed by atoms with van der Waals surface area (Å²) in [6, 6.07) is -0.572. The monoisotopic (exact) mass is 170 g/mol. The molecule has 0 aromatic rings. The number of carbonyl (C=O) groups is 1. The SMILES string of the molecule is CC1CCN(C(=O)N=C=O)CO1. The number of amides is 2. The summed E-state index contributed by atoms with van der Waals surface area (Å²) in [4.78, 5) is 25.0. The molecule has 1 saturated heterocycles. The van der Waals surface area contributed by atoms with Gasteiger partial charge in [-0.05, 0) is 13.3 Å². The summed E-state index contributed by atoms with van der Waals surface area (Å²) in [7, 11) is 0. The van der Waals surface area contributed by atoms with E-state index < -0.39 is 6.03 Å². The third kappa shape index (κ3) is 2.15. The van der Waals surface area contributed by atoms with Crippen LogP contribution >= 0.6 is 0 Å². The van der Waals surface area contributed by atoms with Crippen LogP contribution in [0.4, 0.5) is 4.79 Å². The molecule has 66 valence electrons. The third-order valence-electron chi connectivity index (χ3n) is 1.73. The lowest BCUT2D eigenvalue weighted by Gasteiger charge is -2.28. The summed E-state index contributed by atoms with van der Waals surface area (Å²) in [5, 5.41) is 0. The molecular weight excluding hydrogens is 160 g/mol. The number of hydrogen-bond acceptors (Lipinski definition) is 3. The van der Waals surface area contributed by atoms with Crippen LogP contribution in [0.3, 0.4) is 0 Å². The zero-order valence-corrected chi connectivity index (χ0v) is 6.82. The Labute approximate surface area is 70.0 Å². The molecule has 0 bridgehead atoms. The van der Waals surface area contributed by atoms with Crippen LogP contribution in [0.5, 0.6) is 0 Å². The van der Waals surface area contributed by atoms with Crippen molar-refractivity contribution in [1.29, 1.82) is 0 Å². The fraction of sp³-hybridized carbons (Fsp3) is 0.714. The molecule has 0 aliphatic carbocycles. The van der Waals surface area contributed by atoms with Gasteiger partial charge in [-0.25, -0.2) is 9.59 Å². The Morgan fingerprint density at radius 2 is 2.50 bits per heavy atom. The van der Waals surface area contributed by atoms with Crippen molar-refractivity contribution in [2.24, 2.45) is 4.99 Å². The van der Waals surface area contributed by atoms with E-state index in [0.717, 1.165) is 6.42 Å². The number of aliphatic imine (C=N–C) groups is 1. The summed E-state index contributed by atoms with van der Waals surface area (Å²) >= 11 is 0. The maximum absolute atomic E-state index is 10.9. The Morgan fingerprint density at radius 1 is 1.75 bits per heavy atom. The summed E-state index contributed by atoms with van der Waals surface area (Å²) in [6.07, 6.45) is 2.16. The maximum Gasteiger partial charge on any atom is 0.356 e. The van der Waals surface area contributed by atoms with Gasteiger partial charge in [0.25, 0.3) is 0 Å². The average molecular weight is 170 g/mol. The number of urea groups is 1. The molecule has 1 heterocycles. The molecule has 0 aromatic heterocycles. The second-order valence-corrected chi connectivity index (χ2v) is 2.64. The number of ether oxygens (including phenoxy) is 1. The van der Waals surface area contributed by atoms with Crippen LogP contribution in [0, 0.1) is 0 Å². The van der Waals surface area contributed by atoms with E-state index >= 15 is 0 Å². The summed E-state index contributed by atoms with van der Waals surface area (Å²) < 4.78 is 5.17. The lowest BCUT2D eigenvalue weighted by Crippen LogP contribution is -2.39. The van der Waals surface area contributed by atoms with Crippen LogP contribution in [-0.2, 0) is 9.53 Å². The summed E-state index contributed by atoms with van der Waals surface area (Å²) in [5.41, 5.74) is 0. The lowest BCUT2D eigenvalue weighted by molar-refractivity contribution is -0.0385. The predicted molar refractivity (Wildman–Crippen MR) is 40.3 cm³/mol. The molecule has 1 rings (SSSR count). The van der Waals surface area contributed by atoms with Gasteiger partial charge < -0.3 is 4.74 Å². The molecule has 0 saturated carbocycles. The smallest absolute Gasteiger partial charge is 0.356 e. The Hall–Kier alpha value is -1.19. The first kappa shape index (κ1) is 8.90. The van der Waals surface area contributed by atoms with Gasteiger partial charge in [-0.3, -0.25) is 4.90 Å². The van der Waals surface area contributed by atoms with Gasteiger partial charge in [-0.2, -0.15) is 0 Å². The van der Waals surface area contributed by atoms with Gasteiger partial charge in [-0.1, -0.05) is 0 Å². The quantitative estimate of drug-likeness (QED) is 0.393. The van der Waals surface area contributed by atoms with Crippen molar-refractivity contribution < 1.29 is 14.3 Å². The Morgan fingerprint density at radius 3 is 3.00 bits per heavy atom. The van der Waals surface area contributed by atoms with Crippen LogP contribution < -0.4 is 0 Å². The highest BCUT2D eigenvalue weighted by molar-refractivity contribution is 5.79. The highest BCUT2D eigenvalue weighted by Gasteiger charge is 2.19. The first-order valence-electron chi connectivity index (χ1n) is 3.72. The van der Waals surface area contributed by atoms with E-state index in [1.54, 1.807) is 0 Å². The molecule has 1 aliphatic heterocycles. The van der Waals surface area contributed by atoms with E-state index in [0.29, 0.717) is 6.54 Å².